The minimum Gasteiger partial charge on any atom is -0.309 e. The van der Waals surface area contributed by atoms with Gasteiger partial charge in [0.05, 0.1) is 11.4 Å². The van der Waals surface area contributed by atoms with Crippen molar-refractivity contribution in [2.75, 3.05) is 6.54 Å². The van der Waals surface area contributed by atoms with Gasteiger partial charge in [-0.3, -0.25) is 9.69 Å². The molecule has 0 radical (unpaired) electrons. The van der Waals surface area contributed by atoms with Gasteiger partial charge in [0.2, 0.25) is 0 Å². The quantitative estimate of drug-likeness (QED) is 0.893. The van der Waals surface area contributed by atoms with Crippen LogP contribution in [0.4, 0.5) is 0 Å². The number of aromatic amines is 1. The van der Waals surface area contributed by atoms with Crippen LogP contribution in [0.5, 0.6) is 0 Å². The van der Waals surface area contributed by atoms with Gasteiger partial charge in [-0.05, 0) is 64.0 Å². The summed E-state index contributed by atoms with van der Waals surface area (Å²) in [5, 5.41) is 0.865. The standard InChI is InChI=1S/C19H27N3OS/c1-11-7-8-14-15(10-11)24-19-16(14)18(23)20-17(21-19)13(3)22-9-5-4-6-12(22)2/h11-13H,4-10H2,1-3H3,(H,20,21,23). The van der Waals surface area contributed by atoms with E-state index in [1.165, 1.54) is 36.1 Å². The number of nitrogens with zero attached hydrogens (tertiary/aromatic N) is 2. The number of likely N-dealkylation sites (tertiary alicyclic amines) is 1. The zero-order valence-electron chi connectivity index (χ0n) is 14.9. The summed E-state index contributed by atoms with van der Waals surface area (Å²) < 4.78 is 0. The molecule has 3 unspecified atom stereocenters. The molecule has 2 aromatic heterocycles. The van der Waals surface area contributed by atoms with E-state index in [9.17, 15) is 4.79 Å². The Hall–Kier alpha value is -1.20. The predicted octanol–water partition coefficient (Wildman–Crippen LogP) is 4.04. The Balaban J connectivity index is 1.74. The number of aryl methyl sites for hydroxylation is 1. The summed E-state index contributed by atoms with van der Waals surface area (Å²) in [7, 11) is 0. The fourth-order valence-electron chi connectivity index (χ4n) is 4.42. The van der Waals surface area contributed by atoms with Crippen LogP contribution in [0.2, 0.25) is 0 Å². The van der Waals surface area contributed by atoms with Crippen LogP contribution in [0, 0.1) is 5.92 Å². The van der Waals surface area contributed by atoms with Crippen LogP contribution in [-0.4, -0.2) is 27.5 Å². The Labute approximate surface area is 147 Å². The number of fused-ring (bicyclic) bond motifs is 3. The molecule has 1 saturated heterocycles. The number of thiophene rings is 1. The third-order valence-corrected chi connectivity index (χ3v) is 7.08. The maximum atomic E-state index is 12.8. The molecule has 130 valence electrons. The van der Waals surface area contributed by atoms with Crippen molar-refractivity contribution in [1.29, 1.82) is 0 Å². The summed E-state index contributed by atoms with van der Waals surface area (Å²) in [6, 6.07) is 0.739. The van der Waals surface area contributed by atoms with E-state index in [2.05, 4.69) is 30.7 Å². The van der Waals surface area contributed by atoms with Crippen molar-refractivity contribution in [3.63, 3.8) is 0 Å². The van der Waals surface area contributed by atoms with E-state index in [0.717, 1.165) is 41.3 Å². The number of H-pyrrole nitrogens is 1. The third kappa shape index (κ3) is 2.72. The Morgan fingerprint density at radius 3 is 2.92 bits per heavy atom. The first kappa shape index (κ1) is 16.3. The molecule has 3 atom stereocenters. The van der Waals surface area contributed by atoms with Gasteiger partial charge in [-0.1, -0.05) is 13.3 Å². The average molecular weight is 346 g/mol. The summed E-state index contributed by atoms with van der Waals surface area (Å²) in [6.45, 7) is 7.87. The lowest BCUT2D eigenvalue weighted by Crippen LogP contribution is -2.40. The zero-order chi connectivity index (χ0) is 16.8. The number of hydrogen-bond acceptors (Lipinski definition) is 4. The first-order chi connectivity index (χ1) is 11.5. The molecule has 24 heavy (non-hydrogen) atoms. The third-order valence-electron chi connectivity index (χ3n) is 5.93. The van der Waals surface area contributed by atoms with E-state index in [4.69, 9.17) is 4.98 Å². The summed E-state index contributed by atoms with van der Waals surface area (Å²) in [5.41, 5.74) is 1.34. The lowest BCUT2D eigenvalue weighted by atomic mass is 9.89. The van der Waals surface area contributed by atoms with Gasteiger partial charge < -0.3 is 4.98 Å². The summed E-state index contributed by atoms with van der Waals surface area (Å²) in [4.78, 5) is 25.6. The predicted molar refractivity (Wildman–Crippen MR) is 99.9 cm³/mol. The highest BCUT2D eigenvalue weighted by Crippen LogP contribution is 2.36. The zero-order valence-corrected chi connectivity index (χ0v) is 15.7. The van der Waals surface area contributed by atoms with Crippen molar-refractivity contribution < 1.29 is 0 Å². The van der Waals surface area contributed by atoms with Gasteiger partial charge in [0.1, 0.15) is 10.7 Å². The van der Waals surface area contributed by atoms with Gasteiger partial charge in [0.15, 0.2) is 0 Å². The van der Waals surface area contributed by atoms with Crippen LogP contribution in [0.3, 0.4) is 0 Å². The van der Waals surface area contributed by atoms with E-state index in [0.29, 0.717) is 6.04 Å². The number of hydrogen-bond donors (Lipinski definition) is 1. The molecule has 3 heterocycles. The Morgan fingerprint density at radius 1 is 1.29 bits per heavy atom. The average Bonchev–Trinajstić information content (AvgIpc) is 2.92. The monoisotopic (exact) mass is 345 g/mol. The van der Waals surface area contributed by atoms with Crippen LogP contribution in [-0.2, 0) is 12.8 Å². The molecule has 0 bridgehead atoms. The highest BCUT2D eigenvalue weighted by molar-refractivity contribution is 7.18. The van der Waals surface area contributed by atoms with Gasteiger partial charge in [-0.2, -0.15) is 0 Å². The van der Waals surface area contributed by atoms with Crippen LogP contribution in [0.15, 0.2) is 4.79 Å². The number of rotatable bonds is 2. The SMILES string of the molecule is CC1CCc2c(sc3nc(C(C)N4CCCCC4C)[nH]c(=O)c23)C1. The van der Waals surface area contributed by atoms with E-state index < -0.39 is 0 Å². The highest BCUT2D eigenvalue weighted by atomic mass is 32.1. The molecule has 0 amide bonds. The van der Waals surface area contributed by atoms with Gasteiger partial charge in [-0.15, -0.1) is 11.3 Å². The molecule has 4 rings (SSSR count). The molecule has 5 heteroatoms. The fraction of sp³-hybridized carbons (Fsp3) is 0.684. The molecular weight excluding hydrogens is 318 g/mol. The van der Waals surface area contributed by atoms with Crippen LogP contribution in [0.1, 0.15) is 68.8 Å². The molecule has 0 saturated carbocycles. The highest BCUT2D eigenvalue weighted by Gasteiger charge is 2.28. The van der Waals surface area contributed by atoms with Crippen molar-refractivity contribution in [3.05, 3.63) is 26.6 Å². The molecule has 2 aliphatic rings. The van der Waals surface area contributed by atoms with Crippen molar-refractivity contribution in [2.24, 2.45) is 5.92 Å². The minimum atomic E-state index is 0.0681. The second-order valence-corrected chi connectivity index (χ2v) is 8.83. The molecule has 4 nitrogen and oxygen atoms in total. The van der Waals surface area contributed by atoms with Crippen LogP contribution < -0.4 is 5.56 Å². The topological polar surface area (TPSA) is 49.0 Å². The molecule has 1 aliphatic heterocycles. The number of aromatic nitrogens is 2. The molecule has 1 N–H and O–H groups in total. The summed E-state index contributed by atoms with van der Waals surface area (Å²) in [6.07, 6.45) is 7.10. The lowest BCUT2D eigenvalue weighted by Gasteiger charge is -2.37. The Morgan fingerprint density at radius 2 is 2.12 bits per heavy atom. The molecule has 0 aromatic carbocycles. The second-order valence-electron chi connectivity index (χ2n) is 7.74. The normalized spacial score (nSPS) is 26.5. The van der Waals surface area contributed by atoms with Gasteiger partial charge in [-0.25, -0.2) is 4.98 Å². The molecule has 1 aliphatic carbocycles. The van der Waals surface area contributed by atoms with Gasteiger partial charge in [0.25, 0.3) is 5.56 Å². The van der Waals surface area contributed by atoms with Crippen molar-refractivity contribution in [2.45, 2.75) is 71.4 Å². The summed E-state index contributed by atoms with van der Waals surface area (Å²) >= 11 is 1.75. The van der Waals surface area contributed by atoms with Crippen LogP contribution in [0.25, 0.3) is 10.2 Å². The van der Waals surface area contributed by atoms with Crippen molar-refractivity contribution >= 4 is 21.6 Å². The van der Waals surface area contributed by atoms with E-state index in [-0.39, 0.29) is 11.6 Å². The van der Waals surface area contributed by atoms with Crippen LogP contribution >= 0.6 is 11.3 Å². The van der Waals surface area contributed by atoms with E-state index >= 15 is 0 Å². The van der Waals surface area contributed by atoms with Gasteiger partial charge >= 0.3 is 0 Å². The Kier molecular flexibility index (Phi) is 4.25. The largest absolute Gasteiger partial charge is 0.309 e. The second kappa shape index (κ2) is 6.26. The molecular formula is C19H27N3OS. The summed E-state index contributed by atoms with van der Waals surface area (Å²) in [5.74, 6) is 1.56. The van der Waals surface area contributed by atoms with E-state index in [1.54, 1.807) is 11.3 Å². The van der Waals surface area contributed by atoms with E-state index in [1.807, 2.05) is 0 Å². The molecule has 0 spiro atoms. The lowest BCUT2D eigenvalue weighted by molar-refractivity contribution is 0.110. The number of piperidine rings is 1. The first-order valence-corrected chi connectivity index (χ1v) is 10.2. The van der Waals surface area contributed by atoms with Crippen molar-refractivity contribution in [3.8, 4) is 0 Å². The maximum Gasteiger partial charge on any atom is 0.259 e. The minimum absolute atomic E-state index is 0.0681. The number of nitrogens with one attached hydrogen (secondary N) is 1. The molecule has 1 fully saturated rings. The Bertz CT molecular complexity index is 809. The molecule has 2 aromatic rings. The first-order valence-electron chi connectivity index (χ1n) is 9.34. The smallest absolute Gasteiger partial charge is 0.259 e. The van der Waals surface area contributed by atoms with Gasteiger partial charge in [0, 0.05) is 10.9 Å². The fourth-order valence-corrected chi connectivity index (χ4v) is 5.81. The van der Waals surface area contributed by atoms with Crippen molar-refractivity contribution in [1.82, 2.24) is 14.9 Å². The maximum absolute atomic E-state index is 12.8.